The predicted molar refractivity (Wildman–Crippen MR) is 76.0 cm³/mol. The molecule has 1 aliphatic heterocycles. The zero-order valence-electron chi connectivity index (χ0n) is 9.84. The summed E-state index contributed by atoms with van der Waals surface area (Å²) in [6.45, 7) is 1.07. The maximum absolute atomic E-state index is 5.33. The van der Waals surface area contributed by atoms with Gasteiger partial charge in [0.05, 0.1) is 0 Å². The largest absolute Gasteiger partial charge is 0.362 e. The lowest BCUT2D eigenvalue weighted by Crippen LogP contribution is -2.42. The molecule has 1 saturated heterocycles. The molecule has 0 aromatic heterocycles. The van der Waals surface area contributed by atoms with E-state index in [1.165, 1.54) is 50.0 Å². The summed E-state index contributed by atoms with van der Waals surface area (Å²) in [6, 6.07) is 0.641. The Kier molecular flexibility index (Phi) is 5.23. The molecule has 1 aliphatic carbocycles. The van der Waals surface area contributed by atoms with Gasteiger partial charge in [-0.15, -0.1) is 0 Å². The molecule has 4 heteroatoms. The highest BCUT2D eigenvalue weighted by Crippen LogP contribution is 2.22. The van der Waals surface area contributed by atoms with Gasteiger partial charge in [-0.25, -0.2) is 0 Å². The molecule has 2 N–H and O–H groups in total. The molecular weight excluding hydrogens is 236 g/mol. The lowest BCUT2D eigenvalue weighted by molar-refractivity contribution is 0.478. The second kappa shape index (κ2) is 6.70. The van der Waals surface area contributed by atoms with Gasteiger partial charge in [0.15, 0.2) is 5.11 Å². The van der Waals surface area contributed by atoms with Gasteiger partial charge in [-0.05, 0) is 55.3 Å². The fourth-order valence-electron chi connectivity index (χ4n) is 2.49. The molecule has 2 fully saturated rings. The molecule has 16 heavy (non-hydrogen) atoms. The Bertz CT molecular complexity index is 221. The van der Waals surface area contributed by atoms with E-state index in [0.717, 1.165) is 17.6 Å². The second-order valence-corrected chi connectivity index (χ2v) is 6.52. The van der Waals surface area contributed by atoms with Gasteiger partial charge in [-0.3, -0.25) is 0 Å². The monoisotopic (exact) mass is 258 g/mol. The van der Waals surface area contributed by atoms with Crippen LogP contribution in [-0.4, -0.2) is 29.2 Å². The van der Waals surface area contributed by atoms with Gasteiger partial charge in [0.25, 0.3) is 0 Å². The third-order valence-corrected chi connectivity index (χ3v) is 4.89. The Labute approximate surface area is 108 Å². The van der Waals surface area contributed by atoms with E-state index >= 15 is 0 Å². The topological polar surface area (TPSA) is 24.1 Å². The van der Waals surface area contributed by atoms with Crippen LogP contribution in [0.3, 0.4) is 0 Å². The van der Waals surface area contributed by atoms with Crippen LogP contribution in [0.15, 0.2) is 0 Å². The lowest BCUT2D eigenvalue weighted by Gasteiger charge is -2.23. The van der Waals surface area contributed by atoms with Crippen LogP contribution in [0.25, 0.3) is 0 Å². The van der Waals surface area contributed by atoms with E-state index < -0.39 is 0 Å². The molecule has 0 unspecified atom stereocenters. The van der Waals surface area contributed by atoms with Crippen LogP contribution in [0.2, 0.25) is 0 Å². The average molecular weight is 258 g/mol. The predicted octanol–water partition coefficient (Wildman–Crippen LogP) is 2.54. The SMILES string of the molecule is S=C(NCC1CCSCC1)NC1CCCC1. The van der Waals surface area contributed by atoms with E-state index in [9.17, 15) is 0 Å². The van der Waals surface area contributed by atoms with Crippen LogP contribution in [0.5, 0.6) is 0 Å². The van der Waals surface area contributed by atoms with Crippen molar-refractivity contribution in [1.82, 2.24) is 10.6 Å². The maximum atomic E-state index is 5.33. The number of hydrogen-bond donors (Lipinski definition) is 2. The zero-order chi connectivity index (χ0) is 11.2. The first-order valence-electron chi connectivity index (χ1n) is 6.46. The van der Waals surface area contributed by atoms with Gasteiger partial charge in [-0.1, -0.05) is 12.8 Å². The Balaban J connectivity index is 1.59. The summed E-state index contributed by atoms with van der Waals surface area (Å²) >= 11 is 7.41. The Morgan fingerprint density at radius 2 is 1.81 bits per heavy atom. The van der Waals surface area contributed by atoms with E-state index in [2.05, 4.69) is 22.4 Å². The minimum atomic E-state index is 0.641. The molecule has 1 saturated carbocycles. The highest BCUT2D eigenvalue weighted by Gasteiger charge is 2.17. The third kappa shape index (κ3) is 4.13. The first kappa shape index (κ1) is 12.5. The molecule has 0 radical (unpaired) electrons. The Morgan fingerprint density at radius 1 is 1.12 bits per heavy atom. The molecule has 92 valence electrons. The normalized spacial score (nSPS) is 23.2. The number of thiocarbonyl (C=S) groups is 1. The highest BCUT2D eigenvalue weighted by atomic mass is 32.2. The number of thioether (sulfide) groups is 1. The molecule has 2 rings (SSSR count). The fraction of sp³-hybridized carbons (Fsp3) is 0.917. The van der Waals surface area contributed by atoms with Crippen LogP contribution in [0, 0.1) is 5.92 Å². The maximum Gasteiger partial charge on any atom is 0.166 e. The number of rotatable bonds is 3. The first-order chi connectivity index (χ1) is 7.84. The van der Waals surface area contributed by atoms with Crippen LogP contribution >= 0.6 is 24.0 Å². The molecule has 0 bridgehead atoms. The van der Waals surface area contributed by atoms with Crippen molar-refractivity contribution in [3.8, 4) is 0 Å². The van der Waals surface area contributed by atoms with Crippen molar-refractivity contribution in [2.24, 2.45) is 5.92 Å². The van der Waals surface area contributed by atoms with Gasteiger partial charge in [0.1, 0.15) is 0 Å². The van der Waals surface area contributed by atoms with Crippen LogP contribution in [0.4, 0.5) is 0 Å². The van der Waals surface area contributed by atoms with Gasteiger partial charge < -0.3 is 10.6 Å². The first-order valence-corrected chi connectivity index (χ1v) is 8.03. The average Bonchev–Trinajstić information content (AvgIpc) is 2.81. The summed E-state index contributed by atoms with van der Waals surface area (Å²) in [7, 11) is 0. The lowest BCUT2D eigenvalue weighted by atomic mass is 10.0. The van der Waals surface area contributed by atoms with E-state index in [0.29, 0.717) is 6.04 Å². The van der Waals surface area contributed by atoms with Gasteiger partial charge in [-0.2, -0.15) is 11.8 Å². The molecule has 2 aliphatic rings. The van der Waals surface area contributed by atoms with E-state index in [-0.39, 0.29) is 0 Å². The quantitative estimate of drug-likeness (QED) is 0.760. The number of nitrogens with one attached hydrogen (secondary N) is 2. The highest BCUT2D eigenvalue weighted by molar-refractivity contribution is 7.99. The minimum Gasteiger partial charge on any atom is -0.362 e. The van der Waals surface area contributed by atoms with Crippen LogP contribution < -0.4 is 10.6 Å². The van der Waals surface area contributed by atoms with Crippen molar-refractivity contribution in [1.29, 1.82) is 0 Å². The third-order valence-electron chi connectivity index (χ3n) is 3.58. The van der Waals surface area contributed by atoms with Crippen LogP contribution in [0.1, 0.15) is 38.5 Å². The summed E-state index contributed by atoms with van der Waals surface area (Å²) in [5.74, 6) is 3.49. The molecule has 0 aromatic carbocycles. The zero-order valence-corrected chi connectivity index (χ0v) is 11.5. The van der Waals surface area contributed by atoms with Crippen LogP contribution in [-0.2, 0) is 0 Å². The van der Waals surface area contributed by atoms with Crippen molar-refractivity contribution in [3.05, 3.63) is 0 Å². The molecule has 2 nitrogen and oxygen atoms in total. The Morgan fingerprint density at radius 3 is 2.50 bits per heavy atom. The van der Waals surface area contributed by atoms with Gasteiger partial charge in [0, 0.05) is 12.6 Å². The molecular formula is C12H22N2S2. The summed E-state index contributed by atoms with van der Waals surface area (Å²) in [6.07, 6.45) is 8.01. The standard InChI is InChI=1S/C12H22N2S2/c15-12(14-11-3-1-2-4-11)13-9-10-5-7-16-8-6-10/h10-11H,1-9H2,(H2,13,14,15). The molecule has 0 spiro atoms. The number of hydrogen-bond acceptors (Lipinski definition) is 2. The minimum absolute atomic E-state index is 0.641. The molecule has 0 aromatic rings. The van der Waals surface area contributed by atoms with E-state index in [1.54, 1.807) is 0 Å². The molecule has 0 atom stereocenters. The summed E-state index contributed by atoms with van der Waals surface area (Å²) in [5, 5.41) is 7.70. The summed E-state index contributed by atoms with van der Waals surface area (Å²) in [5.41, 5.74) is 0. The fourth-order valence-corrected chi connectivity index (χ4v) is 3.95. The van der Waals surface area contributed by atoms with Gasteiger partial charge in [0.2, 0.25) is 0 Å². The van der Waals surface area contributed by atoms with E-state index in [4.69, 9.17) is 12.2 Å². The second-order valence-electron chi connectivity index (χ2n) is 4.89. The van der Waals surface area contributed by atoms with Crippen molar-refractivity contribution in [2.75, 3.05) is 18.1 Å². The Hall–Kier alpha value is 0.0400. The summed E-state index contributed by atoms with van der Waals surface area (Å²) < 4.78 is 0. The smallest absolute Gasteiger partial charge is 0.166 e. The summed E-state index contributed by atoms with van der Waals surface area (Å²) in [4.78, 5) is 0. The molecule has 1 heterocycles. The molecule has 0 amide bonds. The van der Waals surface area contributed by atoms with Crippen molar-refractivity contribution < 1.29 is 0 Å². The van der Waals surface area contributed by atoms with Crippen molar-refractivity contribution in [3.63, 3.8) is 0 Å². The van der Waals surface area contributed by atoms with Gasteiger partial charge >= 0.3 is 0 Å². The van der Waals surface area contributed by atoms with E-state index in [1.807, 2.05) is 0 Å². The van der Waals surface area contributed by atoms with Crippen molar-refractivity contribution >= 4 is 29.1 Å². The van der Waals surface area contributed by atoms with Crippen molar-refractivity contribution in [2.45, 2.75) is 44.6 Å².